The van der Waals surface area contributed by atoms with Crippen molar-refractivity contribution in [1.29, 1.82) is 0 Å². The van der Waals surface area contributed by atoms with E-state index in [0.717, 1.165) is 18.6 Å². The molecule has 2 N–H and O–H groups in total. The number of aliphatic hydroxyl groups is 1. The van der Waals surface area contributed by atoms with Crippen molar-refractivity contribution in [1.82, 2.24) is 5.32 Å². The average Bonchev–Trinajstić information content (AvgIpc) is 2.34. The molecule has 0 fully saturated rings. The lowest BCUT2D eigenvalue weighted by Crippen LogP contribution is -2.23. The Morgan fingerprint density at radius 2 is 2.00 bits per heavy atom. The Hall–Kier alpha value is -1.14. The number of hydrogen-bond donors (Lipinski definition) is 2. The van der Waals surface area contributed by atoms with Crippen LogP contribution in [-0.4, -0.2) is 18.3 Å². The van der Waals surface area contributed by atoms with Crippen LogP contribution in [0.3, 0.4) is 0 Å². The average molecular weight is 279 g/mol. The number of alkyl halides is 3. The van der Waals surface area contributed by atoms with Crippen molar-refractivity contribution in [3.63, 3.8) is 0 Å². The van der Waals surface area contributed by atoms with Gasteiger partial charge in [0.05, 0.1) is 5.56 Å². The van der Waals surface area contributed by atoms with Gasteiger partial charge in [-0.2, -0.15) is 13.2 Å². The van der Waals surface area contributed by atoms with Crippen molar-refractivity contribution in [3.8, 4) is 0 Å². The maximum absolute atomic E-state index is 13.2. The third-order valence-corrected chi connectivity index (χ3v) is 2.76. The molecule has 1 aromatic carbocycles. The van der Waals surface area contributed by atoms with Gasteiger partial charge in [-0.05, 0) is 37.1 Å². The molecule has 2 nitrogen and oxygen atoms in total. The van der Waals surface area contributed by atoms with Crippen LogP contribution in [0.15, 0.2) is 18.2 Å². The molecule has 0 saturated heterocycles. The van der Waals surface area contributed by atoms with Crippen LogP contribution in [0.4, 0.5) is 17.6 Å². The molecule has 0 aliphatic heterocycles. The fourth-order valence-corrected chi connectivity index (χ4v) is 1.81. The van der Waals surface area contributed by atoms with Crippen LogP contribution in [-0.2, 0) is 6.18 Å². The minimum absolute atomic E-state index is 0.153. The second-order valence-electron chi connectivity index (χ2n) is 4.26. The molecule has 1 atom stereocenters. The summed E-state index contributed by atoms with van der Waals surface area (Å²) in [6.45, 7) is 2.39. The minimum atomic E-state index is -4.71. The molecule has 19 heavy (non-hydrogen) atoms. The number of nitrogens with one attached hydrogen (secondary N) is 1. The van der Waals surface area contributed by atoms with E-state index in [1.54, 1.807) is 0 Å². The van der Waals surface area contributed by atoms with Crippen LogP contribution in [0.5, 0.6) is 0 Å². The van der Waals surface area contributed by atoms with Gasteiger partial charge in [-0.25, -0.2) is 4.39 Å². The maximum atomic E-state index is 13.2. The van der Waals surface area contributed by atoms with Crippen LogP contribution >= 0.6 is 0 Å². The van der Waals surface area contributed by atoms with Gasteiger partial charge in [-0.15, -0.1) is 0 Å². The van der Waals surface area contributed by atoms with E-state index in [0.29, 0.717) is 12.1 Å². The highest BCUT2D eigenvalue weighted by atomic mass is 19.4. The quantitative estimate of drug-likeness (QED) is 0.783. The SMILES string of the molecule is CCCNC(CCO)c1ccc(F)c(C(F)(F)F)c1. The second-order valence-corrected chi connectivity index (χ2v) is 4.26. The Labute approximate surface area is 109 Å². The summed E-state index contributed by atoms with van der Waals surface area (Å²) in [5, 5.41) is 12.0. The fraction of sp³-hybridized carbons (Fsp3) is 0.538. The Balaban J connectivity index is 3.03. The molecule has 1 rings (SSSR count). The Bertz CT molecular complexity index is 406. The van der Waals surface area contributed by atoms with Crippen molar-refractivity contribution in [3.05, 3.63) is 35.1 Å². The molecule has 0 aliphatic carbocycles. The number of hydrogen-bond acceptors (Lipinski definition) is 2. The predicted molar refractivity (Wildman–Crippen MR) is 64.1 cm³/mol. The molecule has 6 heteroatoms. The molecule has 0 saturated carbocycles. The molecule has 1 aromatic rings. The lowest BCUT2D eigenvalue weighted by Gasteiger charge is -2.19. The van der Waals surface area contributed by atoms with Crippen LogP contribution in [0.2, 0.25) is 0 Å². The third-order valence-electron chi connectivity index (χ3n) is 2.76. The smallest absolute Gasteiger partial charge is 0.396 e. The monoisotopic (exact) mass is 279 g/mol. The van der Waals surface area contributed by atoms with Gasteiger partial charge in [-0.1, -0.05) is 13.0 Å². The molecule has 0 heterocycles. The Morgan fingerprint density at radius 3 is 2.53 bits per heavy atom. The van der Waals surface area contributed by atoms with Crippen LogP contribution in [0, 0.1) is 5.82 Å². The van der Waals surface area contributed by atoms with Crippen molar-refractivity contribution in [2.45, 2.75) is 32.0 Å². The largest absolute Gasteiger partial charge is 0.419 e. The van der Waals surface area contributed by atoms with Gasteiger partial charge in [0.15, 0.2) is 0 Å². The highest BCUT2D eigenvalue weighted by Gasteiger charge is 2.34. The van der Waals surface area contributed by atoms with E-state index in [2.05, 4.69) is 5.32 Å². The fourth-order valence-electron chi connectivity index (χ4n) is 1.81. The van der Waals surface area contributed by atoms with Gasteiger partial charge in [-0.3, -0.25) is 0 Å². The number of benzene rings is 1. The van der Waals surface area contributed by atoms with E-state index in [9.17, 15) is 17.6 Å². The summed E-state index contributed by atoms with van der Waals surface area (Å²) in [4.78, 5) is 0. The molecule has 0 aliphatic rings. The van der Waals surface area contributed by atoms with Gasteiger partial charge in [0.25, 0.3) is 0 Å². The van der Waals surface area contributed by atoms with Gasteiger partial charge >= 0.3 is 6.18 Å². The molecule has 0 aromatic heterocycles. The molecule has 0 spiro atoms. The molecule has 0 amide bonds. The zero-order valence-electron chi connectivity index (χ0n) is 10.6. The third kappa shape index (κ3) is 4.47. The van der Waals surface area contributed by atoms with Crippen LogP contribution in [0.1, 0.15) is 36.9 Å². The van der Waals surface area contributed by atoms with Crippen molar-refractivity contribution in [2.75, 3.05) is 13.2 Å². The summed E-state index contributed by atoms with van der Waals surface area (Å²) in [6, 6.07) is 2.52. The Morgan fingerprint density at radius 1 is 1.32 bits per heavy atom. The van der Waals surface area contributed by atoms with E-state index in [1.807, 2.05) is 6.92 Å². The Kier molecular flexibility index (Phi) is 5.75. The van der Waals surface area contributed by atoms with E-state index < -0.39 is 23.6 Å². The first-order valence-electron chi connectivity index (χ1n) is 6.11. The zero-order valence-corrected chi connectivity index (χ0v) is 10.6. The van der Waals surface area contributed by atoms with E-state index >= 15 is 0 Å². The first kappa shape index (κ1) is 15.9. The lowest BCUT2D eigenvalue weighted by atomic mass is 10.0. The van der Waals surface area contributed by atoms with Crippen molar-refractivity contribution >= 4 is 0 Å². The number of halogens is 4. The van der Waals surface area contributed by atoms with E-state index in [-0.39, 0.29) is 13.0 Å². The molecule has 0 bridgehead atoms. The molecular formula is C13H17F4NO. The summed E-state index contributed by atoms with van der Waals surface area (Å²) in [5.41, 5.74) is -0.942. The minimum Gasteiger partial charge on any atom is -0.396 e. The first-order valence-corrected chi connectivity index (χ1v) is 6.11. The maximum Gasteiger partial charge on any atom is 0.419 e. The summed E-state index contributed by atoms with van der Waals surface area (Å²) in [6.07, 6.45) is -3.62. The number of rotatable bonds is 6. The molecule has 1 unspecified atom stereocenters. The molecule has 0 radical (unpaired) electrons. The van der Waals surface area contributed by atoms with E-state index in [4.69, 9.17) is 5.11 Å². The van der Waals surface area contributed by atoms with Gasteiger partial charge in [0, 0.05) is 12.6 Å². The topological polar surface area (TPSA) is 32.3 Å². The van der Waals surface area contributed by atoms with Crippen LogP contribution < -0.4 is 5.32 Å². The zero-order chi connectivity index (χ0) is 14.5. The molecular weight excluding hydrogens is 262 g/mol. The van der Waals surface area contributed by atoms with Crippen molar-refractivity contribution < 1.29 is 22.7 Å². The van der Waals surface area contributed by atoms with E-state index in [1.165, 1.54) is 6.07 Å². The van der Waals surface area contributed by atoms with Gasteiger partial charge in [0.2, 0.25) is 0 Å². The summed E-state index contributed by atoms with van der Waals surface area (Å²) < 4.78 is 51.0. The molecule has 108 valence electrons. The van der Waals surface area contributed by atoms with Gasteiger partial charge < -0.3 is 10.4 Å². The van der Waals surface area contributed by atoms with Crippen LogP contribution in [0.25, 0.3) is 0 Å². The number of aliphatic hydroxyl groups excluding tert-OH is 1. The summed E-state index contributed by atoms with van der Waals surface area (Å²) >= 11 is 0. The highest BCUT2D eigenvalue weighted by molar-refractivity contribution is 5.29. The summed E-state index contributed by atoms with van der Waals surface area (Å²) in [5.74, 6) is -1.28. The lowest BCUT2D eigenvalue weighted by molar-refractivity contribution is -0.140. The highest BCUT2D eigenvalue weighted by Crippen LogP contribution is 2.33. The van der Waals surface area contributed by atoms with Gasteiger partial charge in [0.1, 0.15) is 5.82 Å². The normalized spacial score (nSPS) is 13.6. The standard InChI is InChI=1S/C13H17F4NO/c1-2-6-18-12(5-7-19)9-3-4-11(14)10(8-9)13(15,16)17/h3-4,8,12,18-19H,2,5-7H2,1H3. The summed E-state index contributed by atoms with van der Waals surface area (Å²) in [7, 11) is 0. The first-order chi connectivity index (χ1) is 8.90. The predicted octanol–water partition coefficient (Wildman–Crippen LogP) is 3.27. The second kappa shape index (κ2) is 6.86. The van der Waals surface area contributed by atoms with Crippen molar-refractivity contribution in [2.24, 2.45) is 0 Å².